The van der Waals surface area contributed by atoms with Crippen LogP contribution in [-0.4, -0.2) is 9.97 Å². The van der Waals surface area contributed by atoms with Gasteiger partial charge in [0.2, 0.25) is 0 Å². The molecule has 66 valence electrons. The predicted octanol–water partition coefficient (Wildman–Crippen LogP) is 1.20. The Kier molecular flexibility index (Phi) is 2.06. The van der Waals surface area contributed by atoms with Gasteiger partial charge >= 0.3 is 0 Å². The first-order valence-electron chi connectivity index (χ1n) is 3.95. The van der Waals surface area contributed by atoms with Crippen LogP contribution in [0.2, 0.25) is 0 Å². The first kappa shape index (κ1) is 7.94. The van der Waals surface area contributed by atoms with Crippen molar-refractivity contribution in [1.82, 2.24) is 9.97 Å². The molecule has 0 spiro atoms. The fraction of sp³-hybridized carbons (Fsp3) is 0.111. The SMILES string of the molecule is NCc1cnc(-c2ccco2)cn1. The summed E-state index contributed by atoms with van der Waals surface area (Å²) in [6, 6.07) is 3.65. The summed E-state index contributed by atoms with van der Waals surface area (Å²) in [5.41, 5.74) is 6.89. The Morgan fingerprint density at radius 2 is 2.23 bits per heavy atom. The van der Waals surface area contributed by atoms with Crippen molar-refractivity contribution in [2.24, 2.45) is 5.73 Å². The Labute approximate surface area is 75.4 Å². The van der Waals surface area contributed by atoms with Crippen molar-refractivity contribution in [3.63, 3.8) is 0 Å². The normalized spacial score (nSPS) is 10.2. The highest BCUT2D eigenvalue weighted by atomic mass is 16.3. The lowest BCUT2D eigenvalue weighted by molar-refractivity contribution is 0.579. The van der Waals surface area contributed by atoms with Crippen LogP contribution in [0.1, 0.15) is 5.69 Å². The summed E-state index contributed by atoms with van der Waals surface area (Å²) in [6.45, 7) is 0.408. The summed E-state index contributed by atoms with van der Waals surface area (Å²) >= 11 is 0. The molecule has 0 saturated heterocycles. The van der Waals surface area contributed by atoms with E-state index in [9.17, 15) is 0 Å². The van der Waals surface area contributed by atoms with Crippen LogP contribution < -0.4 is 5.73 Å². The molecule has 0 atom stereocenters. The molecule has 0 fully saturated rings. The maximum atomic E-state index is 5.39. The van der Waals surface area contributed by atoms with E-state index in [0.717, 1.165) is 17.1 Å². The lowest BCUT2D eigenvalue weighted by Crippen LogP contribution is -2.00. The van der Waals surface area contributed by atoms with Crippen molar-refractivity contribution in [2.75, 3.05) is 0 Å². The second-order valence-corrected chi connectivity index (χ2v) is 2.57. The minimum atomic E-state index is 0.408. The van der Waals surface area contributed by atoms with E-state index >= 15 is 0 Å². The zero-order valence-electron chi connectivity index (χ0n) is 6.97. The second kappa shape index (κ2) is 3.37. The molecular formula is C9H9N3O. The van der Waals surface area contributed by atoms with E-state index in [1.54, 1.807) is 18.7 Å². The molecule has 4 nitrogen and oxygen atoms in total. The third-order valence-electron chi connectivity index (χ3n) is 1.69. The number of hydrogen-bond donors (Lipinski definition) is 1. The van der Waals surface area contributed by atoms with Gasteiger partial charge in [0.1, 0.15) is 5.69 Å². The van der Waals surface area contributed by atoms with Gasteiger partial charge in [-0.3, -0.25) is 4.98 Å². The number of nitrogens with two attached hydrogens (primary N) is 1. The highest BCUT2D eigenvalue weighted by molar-refractivity contribution is 5.49. The summed E-state index contributed by atoms with van der Waals surface area (Å²) in [7, 11) is 0. The molecule has 2 rings (SSSR count). The topological polar surface area (TPSA) is 64.9 Å². The number of aromatic nitrogens is 2. The molecule has 0 aromatic carbocycles. The maximum Gasteiger partial charge on any atom is 0.153 e. The summed E-state index contributed by atoms with van der Waals surface area (Å²) < 4.78 is 5.16. The van der Waals surface area contributed by atoms with E-state index in [1.165, 1.54) is 0 Å². The van der Waals surface area contributed by atoms with Gasteiger partial charge in [-0.25, -0.2) is 4.98 Å². The molecule has 0 radical (unpaired) electrons. The molecule has 0 bridgehead atoms. The summed E-state index contributed by atoms with van der Waals surface area (Å²) in [5.74, 6) is 0.719. The summed E-state index contributed by atoms with van der Waals surface area (Å²) in [4.78, 5) is 8.26. The van der Waals surface area contributed by atoms with E-state index in [1.807, 2.05) is 12.1 Å². The Morgan fingerprint density at radius 1 is 1.31 bits per heavy atom. The van der Waals surface area contributed by atoms with E-state index in [-0.39, 0.29) is 0 Å². The van der Waals surface area contributed by atoms with Crippen LogP contribution in [-0.2, 0) is 6.54 Å². The smallest absolute Gasteiger partial charge is 0.153 e. The van der Waals surface area contributed by atoms with Gasteiger partial charge in [0.05, 0.1) is 24.4 Å². The highest BCUT2D eigenvalue weighted by Gasteiger charge is 2.01. The zero-order valence-corrected chi connectivity index (χ0v) is 6.97. The lowest BCUT2D eigenvalue weighted by Gasteiger charge is -1.96. The van der Waals surface area contributed by atoms with Gasteiger partial charge in [0, 0.05) is 6.54 Å². The molecule has 0 amide bonds. The molecule has 0 aliphatic rings. The highest BCUT2D eigenvalue weighted by Crippen LogP contribution is 2.15. The molecule has 2 aromatic heterocycles. The molecular weight excluding hydrogens is 166 g/mol. The van der Waals surface area contributed by atoms with Gasteiger partial charge in [-0.15, -0.1) is 0 Å². The number of hydrogen-bond acceptors (Lipinski definition) is 4. The van der Waals surface area contributed by atoms with Crippen molar-refractivity contribution in [1.29, 1.82) is 0 Å². The minimum absolute atomic E-state index is 0.408. The third kappa shape index (κ3) is 1.57. The standard InChI is InChI=1S/C9H9N3O/c10-4-7-5-12-8(6-11-7)9-2-1-3-13-9/h1-3,5-6H,4,10H2. The average Bonchev–Trinajstić information content (AvgIpc) is 2.71. The molecule has 0 aliphatic heterocycles. The van der Waals surface area contributed by atoms with Gasteiger partial charge in [-0.05, 0) is 12.1 Å². The van der Waals surface area contributed by atoms with Gasteiger partial charge in [-0.1, -0.05) is 0 Å². The largest absolute Gasteiger partial charge is 0.463 e. The number of nitrogens with zero attached hydrogens (tertiary/aromatic N) is 2. The molecule has 0 aliphatic carbocycles. The second-order valence-electron chi connectivity index (χ2n) is 2.57. The first-order chi connectivity index (χ1) is 6.40. The van der Waals surface area contributed by atoms with Crippen molar-refractivity contribution < 1.29 is 4.42 Å². The Bertz CT molecular complexity index is 366. The molecule has 4 heteroatoms. The monoisotopic (exact) mass is 175 g/mol. The van der Waals surface area contributed by atoms with Crippen LogP contribution in [0.5, 0.6) is 0 Å². The Hall–Kier alpha value is -1.68. The van der Waals surface area contributed by atoms with E-state index < -0.39 is 0 Å². The van der Waals surface area contributed by atoms with Gasteiger partial charge in [-0.2, -0.15) is 0 Å². The molecule has 2 aromatic rings. The fourth-order valence-electron chi connectivity index (χ4n) is 1.01. The number of rotatable bonds is 2. The van der Waals surface area contributed by atoms with Crippen LogP contribution in [0.4, 0.5) is 0 Å². The molecule has 2 N–H and O–H groups in total. The Balaban J connectivity index is 2.33. The van der Waals surface area contributed by atoms with Crippen molar-refractivity contribution >= 4 is 0 Å². The van der Waals surface area contributed by atoms with Gasteiger partial charge in [0.25, 0.3) is 0 Å². The van der Waals surface area contributed by atoms with Crippen molar-refractivity contribution in [3.8, 4) is 11.5 Å². The van der Waals surface area contributed by atoms with Crippen LogP contribution in [0.3, 0.4) is 0 Å². The molecule has 13 heavy (non-hydrogen) atoms. The lowest BCUT2D eigenvalue weighted by atomic mass is 10.3. The summed E-state index contributed by atoms with van der Waals surface area (Å²) in [5, 5.41) is 0. The van der Waals surface area contributed by atoms with E-state index in [0.29, 0.717) is 6.54 Å². The van der Waals surface area contributed by atoms with Crippen LogP contribution in [0.25, 0.3) is 11.5 Å². The Morgan fingerprint density at radius 3 is 2.77 bits per heavy atom. The van der Waals surface area contributed by atoms with Gasteiger partial charge < -0.3 is 10.2 Å². The molecule has 2 heterocycles. The minimum Gasteiger partial charge on any atom is -0.463 e. The summed E-state index contributed by atoms with van der Waals surface area (Å²) in [6.07, 6.45) is 4.91. The molecule has 0 saturated carbocycles. The van der Waals surface area contributed by atoms with E-state index in [4.69, 9.17) is 10.2 Å². The van der Waals surface area contributed by atoms with Crippen molar-refractivity contribution in [2.45, 2.75) is 6.54 Å². The van der Waals surface area contributed by atoms with Crippen LogP contribution in [0, 0.1) is 0 Å². The fourth-order valence-corrected chi connectivity index (χ4v) is 1.01. The van der Waals surface area contributed by atoms with Crippen LogP contribution >= 0.6 is 0 Å². The van der Waals surface area contributed by atoms with Crippen molar-refractivity contribution in [3.05, 3.63) is 36.5 Å². The average molecular weight is 175 g/mol. The van der Waals surface area contributed by atoms with Crippen LogP contribution in [0.15, 0.2) is 35.2 Å². The quantitative estimate of drug-likeness (QED) is 0.744. The third-order valence-corrected chi connectivity index (χ3v) is 1.69. The zero-order chi connectivity index (χ0) is 9.10. The molecule has 0 unspecified atom stereocenters. The van der Waals surface area contributed by atoms with Gasteiger partial charge in [0.15, 0.2) is 5.76 Å². The maximum absolute atomic E-state index is 5.39. The first-order valence-corrected chi connectivity index (χ1v) is 3.95. The number of furan rings is 1. The predicted molar refractivity (Wildman–Crippen MR) is 47.6 cm³/mol. The van der Waals surface area contributed by atoms with E-state index in [2.05, 4.69) is 9.97 Å².